The van der Waals surface area contributed by atoms with Crippen LogP contribution in [0.25, 0.3) is 27.6 Å². The molecule has 0 fully saturated rings. The molecular formula is C26H20F3N3O3S. The van der Waals surface area contributed by atoms with Gasteiger partial charge in [0.1, 0.15) is 11.0 Å². The molecular weight excluding hydrogens is 491 g/mol. The molecule has 0 aliphatic heterocycles. The first-order valence-electron chi connectivity index (χ1n) is 10.8. The van der Waals surface area contributed by atoms with Gasteiger partial charge in [0.05, 0.1) is 25.5 Å². The Hall–Kier alpha value is -3.92. The summed E-state index contributed by atoms with van der Waals surface area (Å²) < 4.78 is 51.7. The maximum atomic E-state index is 13.7. The predicted octanol–water partition coefficient (Wildman–Crippen LogP) is 6.20. The molecule has 0 spiro atoms. The third-order valence-corrected chi connectivity index (χ3v) is 6.75. The van der Waals surface area contributed by atoms with Gasteiger partial charge in [-0.3, -0.25) is 9.36 Å². The van der Waals surface area contributed by atoms with Crippen LogP contribution >= 0.6 is 11.8 Å². The number of benzene rings is 3. The van der Waals surface area contributed by atoms with Crippen molar-refractivity contribution in [2.45, 2.75) is 17.1 Å². The van der Waals surface area contributed by atoms with Gasteiger partial charge in [-0.25, -0.2) is 4.98 Å². The van der Waals surface area contributed by atoms with E-state index >= 15 is 0 Å². The first-order chi connectivity index (χ1) is 17.3. The summed E-state index contributed by atoms with van der Waals surface area (Å²) in [5, 5.41) is 1.12. The number of nitrogens with zero attached hydrogens (tertiary/aromatic N) is 2. The lowest BCUT2D eigenvalue weighted by atomic mass is 10.1. The van der Waals surface area contributed by atoms with Gasteiger partial charge in [-0.1, -0.05) is 48.2 Å². The van der Waals surface area contributed by atoms with Crippen molar-refractivity contribution < 1.29 is 22.6 Å². The number of alkyl halides is 3. The Morgan fingerprint density at radius 2 is 1.75 bits per heavy atom. The van der Waals surface area contributed by atoms with Crippen molar-refractivity contribution in [1.82, 2.24) is 14.5 Å². The lowest BCUT2D eigenvalue weighted by Gasteiger charge is -2.15. The molecule has 0 unspecified atom stereocenters. The largest absolute Gasteiger partial charge is 0.493 e. The van der Waals surface area contributed by atoms with E-state index < -0.39 is 11.7 Å². The quantitative estimate of drug-likeness (QED) is 0.217. The van der Waals surface area contributed by atoms with Gasteiger partial charge in [-0.2, -0.15) is 13.2 Å². The molecule has 0 bridgehead atoms. The van der Waals surface area contributed by atoms with Crippen molar-refractivity contribution in [3.8, 4) is 17.2 Å². The summed E-state index contributed by atoms with van der Waals surface area (Å²) in [6.45, 7) is 0. The number of fused-ring (bicyclic) bond motifs is 3. The smallest absolute Gasteiger partial charge is 0.416 e. The van der Waals surface area contributed by atoms with Crippen LogP contribution in [-0.4, -0.2) is 28.8 Å². The zero-order valence-corrected chi connectivity index (χ0v) is 20.0. The minimum atomic E-state index is -4.44. The molecule has 0 aliphatic rings. The van der Waals surface area contributed by atoms with Crippen LogP contribution < -0.4 is 15.0 Å². The SMILES string of the molecule is COc1ccc(-n2c(SCc3cccc(C(F)(F)F)c3)nc3c([nH]c4ccccc43)c2=O)cc1OC. The maximum Gasteiger partial charge on any atom is 0.416 e. The van der Waals surface area contributed by atoms with E-state index in [1.165, 1.54) is 36.6 Å². The van der Waals surface area contributed by atoms with Gasteiger partial charge in [-0.15, -0.1) is 0 Å². The van der Waals surface area contributed by atoms with Crippen LogP contribution in [0.4, 0.5) is 13.2 Å². The van der Waals surface area contributed by atoms with Crippen molar-refractivity contribution in [2.24, 2.45) is 0 Å². The molecule has 0 atom stereocenters. The molecule has 0 aliphatic carbocycles. The fraction of sp³-hybridized carbons (Fsp3) is 0.154. The Labute approximate surface area is 207 Å². The van der Waals surface area contributed by atoms with E-state index in [2.05, 4.69) is 4.98 Å². The van der Waals surface area contributed by atoms with E-state index in [1.54, 1.807) is 24.3 Å². The highest BCUT2D eigenvalue weighted by molar-refractivity contribution is 7.98. The molecule has 0 saturated carbocycles. The van der Waals surface area contributed by atoms with Crippen molar-refractivity contribution in [2.75, 3.05) is 14.2 Å². The summed E-state index contributed by atoms with van der Waals surface area (Å²) >= 11 is 1.18. The van der Waals surface area contributed by atoms with Crippen LogP contribution in [0.2, 0.25) is 0 Å². The summed E-state index contributed by atoms with van der Waals surface area (Å²) in [6, 6.07) is 17.6. The summed E-state index contributed by atoms with van der Waals surface area (Å²) in [5.41, 5.74) is 1.47. The Bertz CT molecular complexity index is 1640. The average Bonchev–Trinajstić information content (AvgIpc) is 3.26. The van der Waals surface area contributed by atoms with Crippen LogP contribution in [0.15, 0.2) is 76.7 Å². The molecule has 2 aromatic heterocycles. The molecule has 0 saturated heterocycles. The summed E-state index contributed by atoms with van der Waals surface area (Å²) in [4.78, 5) is 21.7. The van der Waals surface area contributed by atoms with Gasteiger partial charge >= 0.3 is 6.18 Å². The monoisotopic (exact) mass is 511 g/mol. The Balaban J connectivity index is 1.67. The molecule has 6 nitrogen and oxygen atoms in total. The second kappa shape index (κ2) is 9.27. The minimum Gasteiger partial charge on any atom is -0.493 e. The number of halogens is 3. The van der Waals surface area contributed by atoms with Crippen LogP contribution in [0, 0.1) is 0 Å². The molecule has 0 radical (unpaired) electrons. The lowest BCUT2D eigenvalue weighted by molar-refractivity contribution is -0.137. The lowest BCUT2D eigenvalue weighted by Crippen LogP contribution is -2.22. The highest BCUT2D eigenvalue weighted by atomic mass is 32.2. The highest BCUT2D eigenvalue weighted by Crippen LogP contribution is 2.34. The first kappa shape index (κ1) is 23.8. The number of ether oxygens (including phenoxy) is 2. The summed E-state index contributed by atoms with van der Waals surface area (Å²) in [6.07, 6.45) is -4.44. The van der Waals surface area contributed by atoms with Crippen LogP contribution in [0.5, 0.6) is 11.5 Å². The van der Waals surface area contributed by atoms with Crippen molar-refractivity contribution in [1.29, 1.82) is 0 Å². The van der Waals surface area contributed by atoms with E-state index in [-0.39, 0.29) is 11.3 Å². The van der Waals surface area contributed by atoms with Gasteiger partial charge in [-0.05, 0) is 29.8 Å². The zero-order chi connectivity index (χ0) is 25.4. The molecule has 184 valence electrons. The van der Waals surface area contributed by atoms with Gasteiger partial charge < -0.3 is 14.5 Å². The summed E-state index contributed by atoms with van der Waals surface area (Å²) in [5.74, 6) is 1.09. The molecule has 10 heteroatoms. The number of hydrogen-bond donors (Lipinski definition) is 1. The van der Waals surface area contributed by atoms with E-state index in [0.717, 1.165) is 23.0 Å². The molecule has 5 aromatic rings. The topological polar surface area (TPSA) is 69.1 Å². The van der Waals surface area contributed by atoms with E-state index in [9.17, 15) is 18.0 Å². The van der Waals surface area contributed by atoms with E-state index in [1.807, 2.05) is 24.3 Å². The highest BCUT2D eigenvalue weighted by Gasteiger charge is 2.30. The third-order valence-electron chi connectivity index (χ3n) is 5.74. The number of hydrogen-bond acceptors (Lipinski definition) is 5. The average molecular weight is 512 g/mol. The molecule has 36 heavy (non-hydrogen) atoms. The number of thioether (sulfide) groups is 1. The van der Waals surface area contributed by atoms with Crippen molar-refractivity contribution in [3.63, 3.8) is 0 Å². The fourth-order valence-electron chi connectivity index (χ4n) is 4.02. The third kappa shape index (κ3) is 4.28. The van der Waals surface area contributed by atoms with E-state index in [4.69, 9.17) is 14.5 Å². The second-order valence-electron chi connectivity index (χ2n) is 7.96. The number of aromatic amines is 1. The Morgan fingerprint density at radius 3 is 2.50 bits per heavy atom. The number of methoxy groups -OCH3 is 2. The zero-order valence-electron chi connectivity index (χ0n) is 19.2. The second-order valence-corrected chi connectivity index (χ2v) is 8.90. The predicted molar refractivity (Wildman–Crippen MR) is 133 cm³/mol. The van der Waals surface area contributed by atoms with Crippen LogP contribution in [0.3, 0.4) is 0 Å². The van der Waals surface area contributed by atoms with Crippen LogP contribution in [0.1, 0.15) is 11.1 Å². The molecule has 0 amide bonds. The van der Waals surface area contributed by atoms with Crippen molar-refractivity contribution >= 4 is 33.7 Å². The van der Waals surface area contributed by atoms with Crippen LogP contribution in [-0.2, 0) is 11.9 Å². The van der Waals surface area contributed by atoms with E-state index in [0.29, 0.717) is 38.9 Å². The number of rotatable bonds is 6. The van der Waals surface area contributed by atoms with Gasteiger partial charge in [0.2, 0.25) is 0 Å². The van der Waals surface area contributed by atoms with Crippen molar-refractivity contribution in [3.05, 3.63) is 88.2 Å². The fourth-order valence-corrected chi connectivity index (χ4v) is 4.96. The maximum absolute atomic E-state index is 13.7. The first-order valence-corrected chi connectivity index (χ1v) is 11.8. The van der Waals surface area contributed by atoms with Gasteiger partial charge in [0.25, 0.3) is 5.56 Å². The Kier molecular flexibility index (Phi) is 6.13. The number of nitrogens with one attached hydrogen (secondary N) is 1. The molecule has 5 rings (SSSR count). The number of aromatic nitrogens is 3. The Morgan fingerprint density at radius 1 is 0.972 bits per heavy atom. The number of H-pyrrole nitrogens is 1. The molecule has 3 aromatic carbocycles. The minimum absolute atomic E-state index is 0.178. The normalized spacial score (nSPS) is 11.8. The molecule has 2 heterocycles. The number of para-hydroxylation sites is 1. The van der Waals surface area contributed by atoms with Gasteiger partial charge in [0.15, 0.2) is 16.7 Å². The summed E-state index contributed by atoms with van der Waals surface area (Å²) in [7, 11) is 3.00. The molecule has 1 N–H and O–H groups in total. The standard InChI is InChI=1S/C26H20F3N3O3S/c1-34-20-11-10-17(13-21(20)35-2)32-24(33)23-22(18-8-3-4-9-19(18)30-23)31-25(32)36-14-15-6-5-7-16(12-15)26(27,28)29/h3-13,30H,14H2,1-2H3. The van der Waals surface area contributed by atoms with Gasteiger partial charge in [0, 0.05) is 22.7 Å².